The fourth-order valence-electron chi connectivity index (χ4n) is 1.86. The van der Waals surface area contributed by atoms with Gasteiger partial charge in [-0.25, -0.2) is 4.98 Å². The van der Waals surface area contributed by atoms with Crippen LogP contribution in [0.4, 0.5) is 0 Å². The lowest BCUT2D eigenvalue weighted by molar-refractivity contribution is 0.395. The summed E-state index contributed by atoms with van der Waals surface area (Å²) in [6.45, 7) is 8.89. The maximum absolute atomic E-state index is 4.62. The standard InChI is InChI=1S/C13H22N2S/c1-8(9(2)14-12-5-6-12)7-13-15-10(3)11(4)16-13/h8-9,12,14H,5-7H2,1-4H3. The Kier molecular flexibility index (Phi) is 3.65. The monoisotopic (exact) mass is 238 g/mol. The highest BCUT2D eigenvalue weighted by Gasteiger charge is 2.25. The van der Waals surface area contributed by atoms with E-state index in [1.807, 2.05) is 11.3 Å². The van der Waals surface area contributed by atoms with Crippen LogP contribution in [0.25, 0.3) is 0 Å². The van der Waals surface area contributed by atoms with Crippen LogP contribution >= 0.6 is 11.3 Å². The predicted molar refractivity (Wildman–Crippen MR) is 70.1 cm³/mol. The molecule has 0 spiro atoms. The lowest BCUT2D eigenvalue weighted by atomic mass is 10.00. The Morgan fingerprint density at radius 3 is 2.56 bits per heavy atom. The van der Waals surface area contributed by atoms with Crippen molar-refractivity contribution in [1.82, 2.24) is 10.3 Å². The third-order valence-corrected chi connectivity index (χ3v) is 4.59. The second-order valence-corrected chi connectivity index (χ2v) is 6.45. The average molecular weight is 238 g/mol. The minimum atomic E-state index is 0.608. The smallest absolute Gasteiger partial charge is 0.0934 e. The molecule has 2 atom stereocenters. The molecule has 2 unspecified atom stereocenters. The van der Waals surface area contributed by atoms with Crippen molar-refractivity contribution in [2.45, 2.75) is 59.0 Å². The minimum Gasteiger partial charge on any atom is -0.311 e. The lowest BCUT2D eigenvalue weighted by Crippen LogP contribution is -2.34. The van der Waals surface area contributed by atoms with E-state index < -0.39 is 0 Å². The van der Waals surface area contributed by atoms with Crippen LogP contribution in [0, 0.1) is 19.8 Å². The SMILES string of the molecule is Cc1nc(CC(C)C(C)NC2CC2)sc1C. The quantitative estimate of drug-likeness (QED) is 0.852. The highest BCUT2D eigenvalue weighted by Crippen LogP contribution is 2.24. The summed E-state index contributed by atoms with van der Waals surface area (Å²) in [5, 5.41) is 4.97. The van der Waals surface area contributed by atoms with Gasteiger partial charge in [0.2, 0.25) is 0 Å². The van der Waals surface area contributed by atoms with Crippen LogP contribution < -0.4 is 5.32 Å². The van der Waals surface area contributed by atoms with Gasteiger partial charge < -0.3 is 5.32 Å². The minimum absolute atomic E-state index is 0.608. The number of hydrogen-bond donors (Lipinski definition) is 1. The van der Waals surface area contributed by atoms with Crippen LogP contribution in [-0.4, -0.2) is 17.1 Å². The molecule has 16 heavy (non-hydrogen) atoms. The Hall–Kier alpha value is -0.410. The summed E-state index contributed by atoms with van der Waals surface area (Å²) < 4.78 is 0. The number of hydrogen-bond acceptors (Lipinski definition) is 3. The third kappa shape index (κ3) is 3.05. The van der Waals surface area contributed by atoms with E-state index in [2.05, 4.69) is 38.0 Å². The van der Waals surface area contributed by atoms with Crippen molar-refractivity contribution in [3.63, 3.8) is 0 Å². The van der Waals surface area contributed by atoms with E-state index in [1.165, 1.54) is 28.4 Å². The van der Waals surface area contributed by atoms with Crippen LogP contribution in [0.2, 0.25) is 0 Å². The van der Waals surface area contributed by atoms with E-state index in [0.717, 1.165) is 12.5 Å². The zero-order valence-electron chi connectivity index (χ0n) is 10.7. The van der Waals surface area contributed by atoms with E-state index in [-0.39, 0.29) is 0 Å². The van der Waals surface area contributed by atoms with Gasteiger partial charge in [0.05, 0.1) is 10.7 Å². The van der Waals surface area contributed by atoms with Crippen LogP contribution in [-0.2, 0) is 6.42 Å². The van der Waals surface area contributed by atoms with E-state index in [9.17, 15) is 0 Å². The van der Waals surface area contributed by atoms with Gasteiger partial charge in [-0.1, -0.05) is 6.92 Å². The van der Waals surface area contributed by atoms with Gasteiger partial charge in [-0.3, -0.25) is 0 Å². The highest BCUT2D eigenvalue weighted by atomic mass is 32.1. The van der Waals surface area contributed by atoms with E-state index in [4.69, 9.17) is 0 Å². The van der Waals surface area contributed by atoms with Crippen LogP contribution in [0.3, 0.4) is 0 Å². The van der Waals surface area contributed by atoms with Gasteiger partial charge in [0.1, 0.15) is 0 Å². The summed E-state index contributed by atoms with van der Waals surface area (Å²) in [5.41, 5.74) is 1.20. The molecule has 0 radical (unpaired) electrons. The summed E-state index contributed by atoms with van der Waals surface area (Å²) in [7, 11) is 0. The second-order valence-electron chi connectivity index (χ2n) is 5.16. The van der Waals surface area contributed by atoms with Gasteiger partial charge in [0, 0.05) is 23.4 Å². The molecule has 1 N–H and O–H groups in total. The Morgan fingerprint density at radius 2 is 2.06 bits per heavy atom. The van der Waals surface area contributed by atoms with Gasteiger partial charge >= 0.3 is 0 Å². The first-order valence-electron chi connectivity index (χ1n) is 6.25. The van der Waals surface area contributed by atoms with Crippen molar-refractivity contribution < 1.29 is 0 Å². The third-order valence-electron chi connectivity index (χ3n) is 3.50. The molecule has 1 aromatic heterocycles. The van der Waals surface area contributed by atoms with Gasteiger partial charge in [-0.2, -0.15) is 0 Å². The van der Waals surface area contributed by atoms with E-state index >= 15 is 0 Å². The van der Waals surface area contributed by atoms with Gasteiger partial charge in [0.15, 0.2) is 0 Å². The van der Waals surface area contributed by atoms with Gasteiger partial charge in [0.25, 0.3) is 0 Å². The molecule has 1 saturated carbocycles. The molecule has 2 nitrogen and oxygen atoms in total. The molecule has 1 fully saturated rings. The van der Waals surface area contributed by atoms with Crippen molar-refractivity contribution >= 4 is 11.3 Å². The van der Waals surface area contributed by atoms with Crippen molar-refractivity contribution in [2.75, 3.05) is 0 Å². The number of nitrogens with zero attached hydrogens (tertiary/aromatic N) is 1. The number of rotatable bonds is 5. The molecule has 3 heteroatoms. The summed E-state index contributed by atoms with van der Waals surface area (Å²) in [6.07, 6.45) is 3.85. The highest BCUT2D eigenvalue weighted by molar-refractivity contribution is 7.11. The van der Waals surface area contributed by atoms with Crippen molar-refractivity contribution in [2.24, 2.45) is 5.92 Å². The largest absolute Gasteiger partial charge is 0.311 e. The van der Waals surface area contributed by atoms with Gasteiger partial charge in [-0.15, -0.1) is 11.3 Å². The van der Waals surface area contributed by atoms with E-state index in [0.29, 0.717) is 12.0 Å². The van der Waals surface area contributed by atoms with Crippen molar-refractivity contribution in [3.8, 4) is 0 Å². The Labute approximate surface area is 102 Å². The first kappa shape index (κ1) is 12.1. The molecule has 0 bridgehead atoms. The molecule has 0 aromatic carbocycles. The summed E-state index contributed by atoms with van der Waals surface area (Å²) in [5.74, 6) is 0.672. The molecular formula is C13H22N2S. The van der Waals surface area contributed by atoms with Crippen molar-refractivity contribution in [1.29, 1.82) is 0 Å². The first-order chi connectivity index (χ1) is 7.56. The zero-order chi connectivity index (χ0) is 11.7. The maximum Gasteiger partial charge on any atom is 0.0934 e. The molecule has 1 aliphatic carbocycles. The van der Waals surface area contributed by atoms with Crippen LogP contribution in [0.1, 0.15) is 42.3 Å². The molecule has 0 aliphatic heterocycles. The normalized spacial score (nSPS) is 19.8. The lowest BCUT2D eigenvalue weighted by Gasteiger charge is -2.20. The molecule has 1 heterocycles. The number of nitrogens with one attached hydrogen (secondary N) is 1. The van der Waals surface area contributed by atoms with E-state index in [1.54, 1.807) is 0 Å². The molecule has 90 valence electrons. The summed E-state index contributed by atoms with van der Waals surface area (Å²) in [4.78, 5) is 5.98. The maximum atomic E-state index is 4.62. The van der Waals surface area contributed by atoms with Crippen LogP contribution in [0.15, 0.2) is 0 Å². The molecule has 0 saturated heterocycles. The molecular weight excluding hydrogens is 216 g/mol. The molecule has 0 amide bonds. The Bertz CT molecular complexity index is 335. The Morgan fingerprint density at radius 1 is 1.38 bits per heavy atom. The van der Waals surface area contributed by atoms with Crippen molar-refractivity contribution in [3.05, 3.63) is 15.6 Å². The average Bonchev–Trinajstić information content (AvgIpc) is 2.95. The fourth-order valence-corrected chi connectivity index (χ4v) is 2.94. The summed E-state index contributed by atoms with van der Waals surface area (Å²) >= 11 is 1.86. The fraction of sp³-hybridized carbons (Fsp3) is 0.769. The first-order valence-corrected chi connectivity index (χ1v) is 7.07. The number of aryl methyl sites for hydroxylation is 2. The zero-order valence-corrected chi connectivity index (χ0v) is 11.5. The summed E-state index contributed by atoms with van der Waals surface area (Å²) in [6, 6.07) is 1.41. The van der Waals surface area contributed by atoms with Gasteiger partial charge in [-0.05, 0) is 39.5 Å². The molecule has 1 aromatic rings. The Balaban J connectivity index is 1.87. The number of thiazole rings is 1. The second kappa shape index (κ2) is 4.84. The topological polar surface area (TPSA) is 24.9 Å². The molecule has 1 aliphatic rings. The predicted octanol–water partition coefficient (Wildman–Crippen LogP) is 3.08. The number of aromatic nitrogens is 1. The molecule has 2 rings (SSSR count). The van der Waals surface area contributed by atoms with Crippen LogP contribution in [0.5, 0.6) is 0 Å².